The summed E-state index contributed by atoms with van der Waals surface area (Å²) in [4.78, 5) is 66.2. The van der Waals surface area contributed by atoms with E-state index in [2.05, 4.69) is 83.7 Å². The molecule has 0 saturated carbocycles. The second kappa shape index (κ2) is 23.6. The van der Waals surface area contributed by atoms with E-state index in [-0.39, 0.29) is 54.7 Å². The number of aliphatic carboxylic acids is 1. The number of amides is 2. The summed E-state index contributed by atoms with van der Waals surface area (Å²) in [6, 6.07) is 15.6. The van der Waals surface area contributed by atoms with Gasteiger partial charge in [-0.1, -0.05) is 97.9 Å². The number of carboxylic acid groups (broad SMARTS) is 1. The third-order valence-corrected chi connectivity index (χ3v) is 21.7. The molecule has 3 aromatic rings. The molecular weight excluding hydrogens is 895 g/mol. The summed E-state index contributed by atoms with van der Waals surface area (Å²) in [5, 5.41) is 18.3. The summed E-state index contributed by atoms with van der Waals surface area (Å²) in [6.45, 7) is 24.9. The number of aromatic nitrogens is 2. The molecule has 1 saturated heterocycles. The minimum absolute atomic E-state index is 0.0122. The molecule has 1 fully saturated rings. The molecule has 67 heavy (non-hydrogen) atoms. The summed E-state index contributed by atoms with van der Waals surface area (Å²) in [5.41, 5.74) is 0.395. The highest BCUT2D eigenvalue weighted by molar-refractivity contribution is 6.74. The van der Waals surface area contributed by atoms with Crippen molar-refractivity contribution in [2.24, 2.45) is 5.92 Å². The summed E-state index contributed by atoms with van der Waals surface area (Å²) in [5.74, 6) is -0.820. The number of carbonyl (C=O) groups excluding carboxylic acids is 2. The highest BCUT2D eigenvalue weighted by atomic mass is 28.4. The van der Waals surface area contributed by atoms with Gasteiger partial charge in [-0.3, -0.25) is 23.5 Å². The third kappa shape index (κ3) is 15.4. The number of hydrogen-bond acceptors (Lipinski definition) is 12. The Balaban J connectivity index is 1.53. The highest BCUT2D eigenvalue weighted by Gasteiger charge is 2.55. The molecule has 4 rings (SSSR count). The van der Waals surface area contributed by atoms with Crippen molar-refractivity contribution in [1.29, 1.82) is 0 Å². The van der Waals surface area contributed by atoms with Gasteiger partial charge < -0.3 is 48.9 Å². The zero-order valence-electron chi connectivity index (χ0n) is 41.7. The van der Waals surface area contributed by atoms with Gasteiger partial charge in [-0.25, -0.2) is 9.59 Å². The smallest absolute Gasteiger partial charge is 0.408 e. The van der Waals surface area contributed by atoms with Gasteiger partial charge in [0.2, 0.25) is 5.91 Å². The van der Waals surface area contributed by atoms with Crippen molar-refractivity contribution in [2.75, 3.05) is 26.8 Å². The van der Waals surface area contributed by atoms with E-state index in [0.29, 0.717) is 24.2 Å². The monoisotopic (exact) mass is 969 g/mol. The van der Waals surface area contributed by atoms with Crippen molar-refractivity contribution < 1.29 is 47.3 Å². The molecule has 4 N–H and O–H groups in total. The Bertz CT molecular complexity index is 2200. The first-order valence-electron chi connectivity index (χ1n) is 23.0. The predicted octanol–water partition coefficient (Wildman–Crippen LogP) is 6.61. The minimum atomic E-state index is -2.65. The van der Waals surface area contributed by atoms with E-state index in [1.165, 1.54) is 16.8 Å². The normalized spacial score (nSPS) is 18.9. The number of nitrogens with one attached hydrogen (secondary N) is 3. The number of carbonyl (C=O) groups is 3. The van der Waals surface area contributed by atoms with Gasteiger partial charge in [-0.2, -0.15) is 0 Å². The number of alkyl carbamates (subject to hydrolysis) is 1. The van der Waals surface area contributed by atoms with Gasteiger partial charge in [-0.15, -0.1) is 0 Å². The molecule has 17 nitrogen and oxygen atoms in total. The van der Waals surface area contributed by atoms with Crippen LogP contribution in [0.15, 0.2) is 76.4 Å². The number of nitrogens with zero attached hydrogens (tertiary/aromatic N) is 2. The first-order chi connectivity index (χ1) is 31.2. The van der Waals surface area contributed by atoms with Crippen LogP contribution < -0.4 is 31.9 Å². The molecule has 0 spiro atoms. The molecule has 1 aliphatic heterocycles. The average molecular weight is 970 g/mol. The molecule has 2 amide bonds. The van der Waals surface area contributed by atoms with Crippen LogP contribution in [0, 0.1) is 5.92 Å². The first-order valence-corrected chi connectivity index (χ1v) is 28.8. The molecule has 372 valence electrons. The lowest BCUT2D eigenvalue weighted by molar-refractivity contribution is -0.181. The van der Waals surface area contributed by atoms with Crippen LogP contribution in [0.1, 0.15) is 85.6 Å². The van der Waals surface area contributed by atoms with Gasteiger partial charge in [0, 0.05) is 18.8 Å². The molecule has 0 unspecified atom stereocenters. The maximum absolute atomic E-state index is 14.4. The standard InChI is InChI=1S/C48H75N5O12Si2/c1-32(2)28-36(51-45(58)62-30-34-18-15-14-16-19-34)41(55)50-26-17-25-49-37(43(56)57)31-61-44-40(65-67(12,13)48(6,7)8)39(64-66(10,11)47(3,4)5)42(63-44)52-27-24-38(54)53(46(52)59)29-33-20-22-35(60-9)23-21-33/h14-16,18-24,27,32,36-37,39-40,42,44,49H,17,25-26,28-31H2,1-13H3,(H,50,55)(H,51,58)(H,56,57)/t36-,37+,39-,40-,42-,44-/m1/s1. The van der Waals surface area contributed by atoms with E-state index >= 15 is 0 Å². The molecule has 0 bridgehead atoms. The van der Waals surface area contributed by atoms with Crippen LogP contribution in [-0.2, 0) is 45.8 Å². The SMILES string of the molecule is COc1ccc(Cn2c(=O)ccn([C@@H]3O[C@@H](OC[C@H](NCCCNC(=O)[C@@H](CC(C)C)NC(=O)OCc4ccccc4)C(=O)O)[C@H](O[Si](C)(C)C(C)(C)C)[C@H]3O[Si](C)(C)C(C)(C)C)c2=O)cc1. The molecule has 0 radical (unpaired) electrons. The largest absolute Gasteiger partial charge is 0.497 e. The third-order valence-electron chi connectivity index (χ3n) is 12.8. The molecule has 1 aliphatic rings. The Morgan fingerprint density at radius 3 is 2.00 bits per heavy atom. The molecular formula is C48H75N5O12Si2. The lowest BCUT2D eigenvalue weighted by Crippen LogP contribution is -2.54. The fourth-order valence-corrected chi connectivity index (χ4v) is 9.32. The van der Waals surface area contributed by atoms with Crippen LogP contribution in [-0.4, -0.2) is 106 Å². The van der Waals surface area contributed by atoms with Crippen LogP contribution in [0.5, 0.6) is 5.75 Å². The van der Waals surface area contributed by atoms with E-state index in [1.807, 2.05) is 44.2 Å². The molecule has 0 aliphatic carbocycles. The van der Waals surface area contributed by atoms with Gasteiger partial charge >= 0.3 is 17.8 Å². The number of hydrogen-bond donors (Lipinski definition) is 4. The van der Waals surface area contributed by atoms with Crippen molar-refractivity contribution in [3.63, 3.8) is 0 Å². The number of ether oxygens (including phenoxy) is 4. The molecule has 19 heteroatoms. The van der Waals surface area contributed by atoms with Crippen LogP contribution in [0.25, 0.3) is 0 Å². The quantitative estimate of drug-likeness (QED) is 0.0584. The lowest BCUT2D eigenvalue weighted by atomic mass is 10.0. The van der Waals surface area contributed by atoms with Crippen LogP contribution >= 0.6 is 0 Å². The Morgan fingerprint density at radius 1 is 0.821 bits per heavy atom. The summed E-state index contributed by atoms with van der Waals surface area (Å²) >= 11 is 0. The van der Waals surface area contributed by atoms with Gasteiger partial charge in [0.05, 0.1) is 20.3 Å². The van der Waals surface area contributed by atoms with E-state index in [4.69, 9.17) is 27.8 Å². The van der Waals surface area contributed by atoms with Crippen LogP contribution in [0.4, 0.5) is 4.79 Å². The number of rotatable bonds is 23. The van der Waals surface area contributed by atoms with Gasteiger partial charge in [0.15, 0.2) is 29.2 Å². The second-order valence-corrected chi connectivity index (χ2v) is 30.1. The van der Waals surface area contributed by atoms with Crippen molar-refractivity contribution in [3.05, 3.63) is 98.8 Å². The Morgan fingerprint density at radius 2 is 1.43 bits per heavy atom. The Kier molecular flexibility index (Phi) is 19.3. The van der Waals surface area contributed by atoms with Crippen LogP contribution in [0.2, 0.25) is 36.3 Å². The Labute approximate surface area is 397 Å². The Hall–Kier alpha value is -4.64. The fourth-order valence-electron chi connectivity index (χ4n) is 6.75. The van der Waals surface area contributed by atoms with Crippen molar-refractivity contribution in [1.82, 2.24) is 25.1 Å². The highest BCUT2D eigenvalue weighted by Crippen LogP contribution is 2.45. The zero-order valence-corrected chi connectivity index (χ0v) is 43.7. The number of methoxy groups -OCH3 is 1. The van der Waals surface area contributed by atoms with Crippen molar-refractivity contribution in [2.45, 2.75) is 154 Å². The first kappa shape index (κ1) is 55.0. The summed E-state index contributed by atoms with van der Waals surface area (Å²) < 4.78 is 40.3. The van der Waals surface area contributed by atoms with E-state index < -0.39 is 76.8 Å². The van der Waals surface area contributed by atoms with Gasteiger partial charge in [-0.05, 0) is 84.8 Å². The minimum Gasteiger partial charge on any atom is -0.497 e. The topological polar surface area (TPSA) is 207 Å². The van der Waals surface area contributed by atoms with E-state index in [9.17, 15) is 29.1 Å². The number of benzene rings is 2. The lowest BCUT2D eigenvalue weighted by Gasteiger charge is -2.44. The van der Waals surface area contributed by atoms with E-state index in [1.54, 1.807) is 31.4 Å². The van der Waals surface area contributed by atoms with Gasteiger partial charge in [0.25, 0.3) is 5.56 Å². The predicted molar refractivity (Wildman–Crippen MR) is 261 cm³/mol. The van der Waals surface area contributed by atoms with Crippen molar-refractivity contribution in [3.8, 4) is 5.75 Å². The van der Waals surface area contributed by atoms with Gasteiger partial charge in [0.1, 0.15) is 36.6 Å². The average Bonchev–Trinajstić information content (AvgIpc) is 3.55. The molecule has 2 aromatic carbocycles. The molecule has 6 atom stereocenters. The molecule has 2 heterocycles. The fraction of sp³-hybridized carbons (Fsp3) is 0.604. The van der Waals surface area contributed by atoms with E-state index in [0.717, 1.165) is 10.1 Å². The maximum Gasteiger partial charge on any atom is 0.408 e. The number of carboxylic acids is 1. The summed E-state index contributed by atoms with van der Waals surface area (Å²) in [7, 11) is -3.72. The maximum atomic E-state index is 14.4. The zero-order chi connectivity index (χ0) is 49.9. The molecule has 1 aromatic heterocycles. The van der Waals surface area contributed by atoms with Crippen LogP contribution in [0.3, 0.4) is 0 Å². The second-order valence-electron chi connectivity index (χ2n) is 20.6. The van der Waals surface area contributed by atoms with Crippen molar-refractivity contribution >= 4 is 34.6 Å². The summed E-state index contributed by atoms with van der Waals surface area (Å²) in [6.07, 6.45) is -2.67.